The summed E-state index contributed by atoms with van der Waals surface area (Å²) in [5, 5.41) is 6.44. The van der Waals surface area contributed by atoms with Crippen LogP contribution < -0.4 is 10.6 Å². The van der Waals surface area contributed by atoms with E-state index >= 15 is 0 Å². The Labute approximate surface area is 114 Å². The molecule has 2 N–H and O–H groups in total. The number of guanidine groups is 1. The minimum Gasteiger partial charge on any atom is -0.383 e. The number of nitrogens with zero attached hydrogens (tertiary/aromatic N) is 1. The first-order valence-corrected chi connectivity index (χ1v) is 5.38. The quantitative estimate of drug-likeness (QED) is 0.330. The maximum atomic E-state index is 5.30. The number of nitrogens with one attached hydrogen (secondary N) is 2. The van der Waals surface area contributed by atoms with Gasteiger partial charge in [-0.15, -0.1) is 24.0 Å². The Kier molecular flexibility index (Phi) is 10.0. The average molecular weight is 343 g/mol. The Hall–Kier alpha value is -0.0800. The van der Waals surface area contributed by atoms with Gasteiger partial charge in [0.05, 0.1) is 13.2 Å². The summed E-state index contributed by atoms with van der Waals surface area (Å²) in [5.74, 6) is 1.45. The van der Waals surface area contributed by atoms with Crippen LogP contribution in [-0.2, 0) is 9.47 Å². The summed E-state index contributed by atoms with van der Waals surface area (Å²) in [6.07, 6.45) is 1.14. The standard InChI is InChI=1S/C10H21N3O2.HI/c1-11-10(12-4-6-14-2)13-7-9-3-5-15-8-9;/h9H,3-8H2,1-2H3,(H2,11,12,13);1H. The van der Waals surface area contributed by atoms with Gasteiger partial charge in [0.15, 0.2) is 5.96 Å². The van der Waals surface area contributed by atoms with Crippen molar-refractivity contribution in [3.63, 3.8) is 0 Å². The van der Waals surface area contributed by atoms with Gasteiger partial charge in [-0.2, -0.15) is 0 Å². The molecule has 0 spiro atoms. The summed E-state index contributed by atoms with van der Waals surface area (Å²) in [6, 6.07) is 0. The number of aliphatic imine (C=N–C) groups is 1. The third-order valence-corrected chi connectivity index (χ3v) is 2.40. The molecule has 0 aliphatic carbocycles. The largest absolute Gasteiger partial charge is 0.383 e. The molecular weight excluding hydrogens is 321 g/mol. The zero-order valence-electron chi connectivity index (χ0n) is 9.99. The van der Waals surface area contributed by atoms with Gasteiger partial charge in [-0.3, -0.25) is 4.99 Å². The highest BCUT2D eigenvalue weighted by molar-refractivity contribution is 14.0. The number of hydrogen-bond donors (Lipinski definition) is 2. The zero-order valence-corrected chi connectivity index (χ0v) is 12.3. The van der Waals surface area contributed by atoms with Crippen molar-refractivity contribution in [2.24, 2.45) is 10.9 Å². The first-order chi connectivity index (χ1) is 7.36. The normalized spacial score (nSPS) is 20.4. The monoisotopic (exact) mass is 343 g/mol. The van der Waals surface area contributed by atoms with Gasteiger partial charge < -0.3 is 20.1 Å². The van der Waals surface area contributed by atoms with Crippen LogP contribution in [0.4, 0.5) is 0 Å². The van der Waals surface area contributed by atoms with Crippen molar-refractivity contribution in [3.05, 3.63) is 0 Å². The lowest BCUT2D eigenvalue weighted by Crippen LogP contribution is -2.41. The van der Waals surface area contributed by atoms with Crippen LogP contribution in [-0.4, -0.2) is 53.0 Å². The van der Waals surface area contributed by atoms with Crippen molar-refractivity contribution in [2.45, 2.75) is 6.42 Å². The number of rotatable bonds is 5. The van der Waals surface area contributed by atoms with E-state index in [9.17, 15) is 0 Å². The topological polar surface area (TPSA) is 54.9 Å². The summed E-state index contributed by atoms with van der Waals surface area (Å²) < 4.78 is 10.3. The second-order valence-electron chi connectivity index (χ2n) is 3.60. The van der Waals surface area contributed by atoms with Crippen molar-refractivity contribution >= 4 is 29.9 Å². The van der Waals surface area contributed by atoms with Crippen molar-refractivity contribution in [2.75, 3.05) is 47.1 Å². The fraction of sp³-hybridized carbons (Fsp3) is 0.900. The highest BCUT2D eigenvalue weighted by Gasteiger charge is 2.15. The summed E-state index contributed by atoms with van der Waals surface area (Å²) >= 11 is 0. The van der Waals surface area contributed by atoms with E-state index in [1.807, 2.05) is 0 Å². The lowest BCUT2D eigenvalue weighted by Gasteiger charge is -2.13. The van der Waals surface area contributed by atoms with Crippen LogP contribution >= 0.6 is 24.0 Å². The minimum absolute atomic E-state index is 0. The smallest absolute Gasteiger partial charge is 0.191 e. The van der Waals surface area contributed by atoms with Crippen molar-refractivity contribution in [1.29, 1.82) is 0 Å². The lowest BCUT2D eigenvalue weighted by atomic mass is 10.1. The van der Waals surface area contributed by atoms with Gasteiger partial charge in [-0.05, 0) is 6.42 Å². The predicted octanol–water partition coefficient (Wildman–Crippen LogP) is 0.452. The third kappa shape index (κ3) is 6.49. The maximum Gasteiger partial charge on any atom is 0.191 e. The summed E-state index contributed by atoms with van der Waals surface area (Å²) in [4.78, 5) is 4.12. The molecule has 0 saturated carbocycles. The first-order valence-electron chi connectivity index (χ1n) is 5.38. The number of halogens is 1. The molecule has 0 bridgehead atoms. The molecule has 1 unspecified atom stereocenters. The molecule has 0 aromatic heterocycles. The molecule has 1 aliphatic rings. The highest BCUT2D eigenvalue weighted by atomic mass is 127. The van der Waals surface area contributed by atoms with E-state index in [1.165, 1.54) is 0 Å². The molecular formula is C10H22IN3O2. The van der Waals surface area contributed by atoms with Crippen LogP contribution in [0.2, 0.25) is 0 Å². The van der Waals surface area contributed by atoms with Gasteiger partial charge >= 0.3 is 0 Å². The molecule has 5 nitrogen and oxygen atoms in total. The van der Waals surface area contributed by atoms with Crippen LogP contribution in [0.15, 0.2) is 4.99 Å². The van der Waals surface area contributed by atoms with Gasteiger partial charge in [0, 0.05) is 39.8 Å². The Morgan fingerprint density at radius 2 is 2.31 bits per heavy atom. The fourth-order valence-electron chi connectivity index (χ4n) is 1.48. The SMILES string of the molecule is CN=C(NCCOC)NCC1CCOC1.I. The third-order valence-electron chi connectivity index (χ3n) is 2.40. The van der Waals surface area contributed by atoms with E-state index in [2.05, 4.69) is 15.6 Å². The molecule has 96 valence electrons. The van der Waals surface area contributed by atoms with Gasteiger partial charge in [-0.25, -0.2) is 0 Å². The van der Waals surface area contributed by atoms with Crippen LogP contribution in [0.5, 0.6) is 0 Å². The Morgan fingerprint density at radius 3 is 2.88 bits per heavy atom. The second-order valence-corrected chi connectivity index (χ2v) is 3.60. The van der Waals surface area contributed by atoms with E-state index < -0.39 is 0 Å². The van der Waals surface area contributed by atoms with E-state index in [0.29, 0.717) is 12.5 Å². The van der Waals surface area contributed by atoms with E-state index in [1.54, 1.807) is 14.2 Å². The molecule has 0 radical (unpaired) electrons. The van der Waals surface area contributed by atoms with Crippen molar-refractivity contribution in [3.8, 4) is 0 Å². The van der Waals surface area contributed by atoms with Gasteiger partial charge in [0.2, 0.25) is 0 Å². The molecule has 1 saturated heterocycles. The van der Waals surface area contributed by atoms with Gasteiger partial charge in [0.1, 0.15) is 0 Å². The summed E-state index contributed by atoms with van der Waals surface area (Å²) in [7, 11) is 3.46. The zero-order chi connectivity index (χ0) is 10.9. The Balaban J connectivity index is 0.00000225. The van der Waals surface area contributed by atoms with E-state index in [-0.39, 0.29) is 24.0 Å². The van der Waals surface area contributed by atoms with Crippen molar-refractivity contribution in [1.82, 2.24) is 10.6 Å². The second kappa shape index (κ2) is 10.1. The molecule has 0 amide bonds. The van der Waals surface area contributed by atoms with Gasteiger partial charge in [0.25, 0.3) is 0 Å². The molecule has 16 heavy (non-hydrogen) atoms. The Bertz CT molecular complexity index is 197. The maximum absolute atomic E-state index is 5.30. The van der Waals surface area contributed by atoms with Crippen molar-refractivity contribution < 1.29 is 9.47 Å². The van der Waals surface area contributed by atoms with Crippen LogP contribution in [0.3, 0.4) is 0 Å². The Morgan fingerprint density at radius 1 is 1.50 bits per heavy atom. The number of hydrogen-bond acceptors (Lipinski definition) is 3. The predicted molar refractivity (Wildman–Crippen MR) is 75.6 cm³/mol. The van der Waals surface area contributed by atoms with Crippen LogP contribution in [0, 0.1) is 5.92 Å². The average Bonchev–Trinajstić information content (AvgIpc) is 2.76. The fourth-order valence-corrected chi connectivity index (χ4v) is 1.48. The molecule has 1 fully saturated rings. The van der Waals surface area contributed by atoms with Crippen LogP contribution in [0.25, 0.3) is 0 Å². The molecule has 1 atom stereocenters. The molecule has 0 aromatic carbocycles. The number of methoxy groups -OCH3 is 1. The summed E-state index contributed by atoms with van der Waals surface area (Å²) in [5.41, 5.74) is 0. The first kappa shape index (κ1) is 15.9. The highest BCUT2D eigenvalue weighted by Crippen LogP contribution is 2.10. The molecule has 6 heteroatoms. The summed E-state index contributed by atoms with van der Waals surface area (Å²) in [6.45, 7) is 4.14. The van der Waals surface area contributed by atoms with Crippen LogP contribution in [0.1, 0.15) is 6.42 Å². The molecule has 1 rings (SSSR count). The van der Waals surface area contributed by atoms with Gasteiger partial charge in [-0.1, -0.05) is 0 Å². The molecule has 0 aromatic rings. The van der Waals surface area contributed by atoms with E-state index in [0.717, 1.165) is 38.7 Å². The minimum atomic E-state index is 0. The molecule has 1 heterocycles. The van der Waals surface area contributed by atoms with E-state index in [4.69, 9.17) is 9.47 Å². The molecule has 1 aliphatic heterocycles. The number of ether oxygens (including phenoxy) is 2. The lowest BCUT2D eigenvalue weighted by molar-refractivity contribution is 0.186.